The van der Waals surface area contributed by atoms with Gasteiger partial charge in [0.05, 0.1) is 6.54 Å². The monoisotopic (exact) mass is 447 g/mol. The van der Waals surface area contributed by atoms with Crippen LogP contribution in [0.4, 0.5) is 17.1 Å². The molecule has 0 heterocycles. The molecule has 0 aromatic heterocycles. The third-order valence-electron chi connectivity index (χ3n) is 4.58. The van der Waals surface area contributed by atoms with Crippen molar-refractivity contribution in [2.45, 2.75) is 19.8 Å². The summed E-state index contributed by atoms with van der Waals surface area (Å²) in [6.45, 7) is 2.88. The van der Waals surface area contributed by atoms with Crippen LogP contribution in [0.2, 0.25) is 0 Å². The van der Waals surface area contributed by atoms with E-state index in [0.717, 1.165) is 23.5 Å². The Morgan fingerprint density at radius 1 is 0.697 bits per heavy atom. The molecule has 7 heteroatoms. The van der Waals surface area contributed by atoms with Gasteiger partial charge in [-0.25, -0.2) is 0 Å². The van der Waals surface area contributed by atoms with Crippen molar-refractivity contribution >= 4 is 28.9 Å². The molecule has 0 aliphatic rings. The van der Waals surface area contributed by atoms with Crippen LogP contribution in [0.1, 0.15) is 19.8 Å². The van der Waals surface area contributed by atoms with Crippen molar-refractivity contribution in [3.8, 4) is 11.5 Å². The molecule has 172 valence electrons. The van der Waals surface area contributed by atoms with Gasteiger partial charge in [0.15, 0.2) is 0 Å². The van der Waals surface area contributed by atoms with Gasteiger partial charge in [-0.1, -0.05) is 31.2 Å². The number of hydrogen-bond donors (Lipinski definition) is 3. The maximum Gasteiger partial charge on any atom is 0.243 e. The quantitative estimate of drug-likeness (QED) is 0.343. The molecule has 2 amide bonds. The Morgan fingerprint density at radius 2 is 1.33 bits per heavy atom. The van der Waals surface area contributed by atoms with E-state index in [1.165, 1.54) is 0 Å². The Hall–Kier alpha value is -4.00. The van der Waals surface area contributed by atoms with Crippen LogP contribution in [-0.2, 0) is 9.59 Å². The minimum atomic E-state index is -0.181. The maximum atomic E-state index is 12.3. The van der Waals surface area contributed by atoms with E-state index < -0.39 is 0 Å². The molecule has 33 heavy (non-hydrogen) atoms. The van der Waals surface area contributed by atoms with Crippen LogP contribution < -0.4 is 25.4 Å². The van der Waals surface area contributed by atoms with Crippen LogP contribution >= 0.6 is 0 Å². The highest BCUT2D eigenvalue weighted by Gasteiger charge is 2.05. The summed E-state index contributed by atoms with van der Waals surface area (Å²) in [5, 5.41) is 8.75. The first-order valence-corrected chi connectivity index (χ1v) is 11.0. The average Bonchev–Trinajstić information content (AvgIpc) is 2.82. The predicted molar refractivity (Wildman–Crippen MR) is 131 cm³/mol. The first-order valence-electron chi connectivity index (χ1n) is 11.0. The molecule has 0 spiro atoms. The number of hydrogen-bond acceptors (Lipinski definition) is 5. The largest absolute Gasteiger partial charge is 0.490 e. The topological polar surface area (TPSA) is 88.7 Å². The Morgan fingerprint density at radius 3 is 2.06 bits per heavy atom. The van der Waals surface area contributed by atoms with Gasteiger partial charge in [-0.2, -0.15) is 0 Å². The molecule has 3 aromatic rings. The van der Waals surface area contributed by atoms with E-state index in [2.05, 4.69) is 16.0 Å². The minimum Gasteiger partial charge on any atom is -0.490 e. The van der Waals surface area contributed by atoms with Crippen molar-refractivity contribution in [2.24, 2.45) is 0 Å². The van der Waals surface area contributed by atoms with E-state index in [4.69, 9.17) is 9.47 Å². The predicted octanol–water partition coefficient (Wildman–Crippen LogP) is 4.93. The highest BCUT2D eigenvalue weighted by molar-refractivity contribution is 5.94. The van der Waals surface area contributed by atoms with E-state index in [-0.39, 0.29) is 18.4 Å². The standard InChI is InChI=1S/C26H29N3O4/c1-2-7-25(30)28-21-14-12-20(13-15-21)27-19-26(31)29-22-8-6-11-24(18-22)33-17-16-32-23-9-4-3-5-10-23/h3-6,8-15,18,27H,2,7,16-17,19H2,1H3,(H,28,30)(H,29,31). The molecule has 0 aliphatic carbocycles. The average molecular weight is 448 g/mol. The zero-order chi connectivity index (χ0) is 23.3. The number of nitrogens with one attached hydrogen (secondary N) is 3. The highest BCUT2D eigenvalue weighted by atomic mass is 16.5. The van der Waals surface area contributed by atoms with Crippen LogP contribution in [0, 0.1) is 0 Å². The van der Waals surface area contributed by atoms with Gasteiger partial charge in [-0.05, 0) is 55.0 Å². The van der Waals surface area contributed by atoms with Crippen molar-refractivity contribution in [3.63, 3.8) is 0 Å². The van der Waals surface area contributed by atoms with Gasteiger partial charge in [-0.3, -0.25) is 9.59 Å². The Balaban J connectivity index is 1.39. The number of rotatable bonds is 12. The summed E-state index contributed by atoms with van der Waals surface area (Å²) in [6.07, 6.45) is 1.30. The van der Waals surface area contributed by atoms with Crippen molar-refractivity contribution < 1.29 is 19.1 Å². The second kappa shape index (κ2) is 12.8. The van der Waals surface area contributed by atoms with Gasteiger partial charge in [0, 0.05) is 29.5 Å². The van der Waals surface area contributed by atoms with E-state index in [0.29, 0.717) is 31.1 Å². The summed E-state index contributed by atoms with van der Waals surface area (Å²) >= 11 is 0. The lowest BCUT2D eigenvalue weighted by atomic mass is 10.2. The fourth-order valence-corrected chi connectivity index (χ4v) is 3.01. The molecule has 0 radical (unpaired) electrons. The number of para-hydroxylation sites is 1. The van der Waals surface area contributed by atoms with Crippen LogP contribution in [0.15, 0.2) is 78.9 Å². The van der Waals surface area contributed by atoms with Gasteiger partial charge >= 0.3 is 0 Å². The Bertz CT molecular complexity index is 1020. The van der Waals surface area contributed by atoms with Crippen LogP contribution in [-0.4, -0.2) is 31.6 Å². The fraction of sp³-hybridized carbons (Fsp3) is 0.231. The lowest BCUT2D eigenvalue weighted by Crippen LogP contribution is -2.21. The van der Waals surface area contributed by atoms with E-state index in [9.17, 15) is 9.59 Å². The van der Waals surface area contributed by atoms with Crippen molar-refractivity contribution in [3.05, 3.63) is 78.9 Å². The van der Waals surface area contributed by atoms with Crippen molar-refractivity contribution in [1.29, 1.82) is 0 Å². The Labute approximate surface area is 194 Å². The first-order chi connectivity index (χ1) is 16.1. The number of carbonyl (C=O) groups is 2. The molecule has 3 aromatic carbocycles. The molecule has 0 saturated carbocycles. The van der Waals surface area contributed by atoms with Gasteiger partial charge in [0.2, 0.25) is 11.8 Å². The third-order valence-corrected chi connectivity index (χ3v) is 4.58. The van der Waals surface area contributed by atoms with E-state index in [1.54, 1.807) is 24.3 Å². The zero-order valence-corrected chi connectivity index (χ0v) is 18.7. The molecular formula is C26H29N3O4. The van der Waals surface area contributed by atoms with Gasteiger partial charge in [0.1, 0.15) is 24.7 Å². The highest BCUT2D eigenvalue weighted by Crippen LogP contribution is 2.18. The molecule has 7 nitrogen and oxygen atoms in total. The summed E-state index contributed by atoms with van der Waals surface area (Å²) in [5.74, 6) is 1.26. The van der Waals surface area contributed by atoms with Gasteiger partial charge in [0.25, 0.3) is 0 Å². The van der Waals surface area contributed by atoms with Crippen LogP contribution in [0.5, 0.6) is 11.5 Å². The second-order valence-electron chi connectivity index (χ2n) is 7.32. The molecular weight excluding hydrogens is 418 g/mol. The lowest BCUT2D eigenvalue weighted by molar-refractivity contribution is -0.116. The molecule has 0 aliphatic heterocycles. The molecule has 0 fully saturated rings. The smallest absolute Gasteiger partial charge is 0.243 e. The Kier molecular flexibility index (Phi) is 9.15. The molecule has 3 rings (SSSR count). The first kappa shape index (κ1) is 23.7. The van der Waals surface area contributed by atoms with E-state index >= 15 is 0 Å². The van der Waals surface area contributed by atoms with Crippen molar-refractivity contribution in [1.82, 2.24) is 0 Å². The van der Waals surface area contributed by atoms with Crippen LogP contribution in [0.3, 0.4) is 0 Å². The molecule has 0 bridgehead atoms. The number of anilines is 3. The zero-order valence-electron chi connectivity index (χ0n) is 18.7. The number of carbonyl (C=O) groups excluding carboxylic acids is 2. The summed E-state index contributed by atoms with van der Waals surface area (Å²) in [7, 11) is 0. The maximum absolute atomic E-state index is 12.3. The SMILES string of the molecule is CCCC(=O)Nc1ccc(NCC(=O)Nc2cccc(OCCOc3ccccc3)c2)cc1. The number of benzene rings is 3. The number of ether oxygens (including phenoxy) is 2. The third kappa shape index (κ3) is 8.57. The van der Waals surface area contributed by atoms with Gasteiger partial charge < -0.3 is 25.4 Å². The second-order valence-corrected chi connectivity index (χ2v) is 7.32. The normalized spacial score (nSPS) is 10.2. The summed E-state index contributed by atoms with van der Waals surface area (Å²) in [4.78, 5) is 24.0. The fourth-order valence-electron chi connectivity index (χ4n) is 3.01. The molecule has 0 unspecified atom stereocenters. The minimum absolute atomic E-state index is 0.00693. The molecule has 0 atom stereocenters. The van der Waals surface area contributed by atoms with E-state index in [1.807, 2.05) is 61.5 Å². The molecule has 3 N–H and O–H groups in total. The van der Waals surface area contributed by atoms with Crippen molar-refractivity contribution in [2.75, 3.05) is 35.7 Å². The molecule has 0 saturated heterocycles. The summed E-state index contributed by atoms with van der Waals surface area (Å²) in [6, 6.07) is 24.0. The summed E-state index contributed by atoms with van der Waals surface area (Å²) in [5.41, 5.74) is 2.17. The lowest BCUT2D eigenvalue weighted by Gasteiger charge is -2.11. The number of amides is 2. The van der Waals surface area contributed by atoms with Crippen LogP contribution in [0.25, 0.3) is 0 Å². The summed E-state index contributed by atoms with van der Waals surface area (Å²) < 4.78 is 11.3. The van der Waals surface area contributed by atoms with Gasteiger partial charge in [-0.15, -0.1) is 0 Å².